The van der Waals surface area contributed by atoms with Gasteiger partial charge in [-0.2, -0.15) is 0 Å². The number of para-hydroxylation sites is 1. The number of nitrogens with zero attached hydrogens (tertiary/aromatic N) is 1. The van der Waals surface area contributed by atoms with Crippen LogP contribution >= 0.6 is 0 Å². The lowest BCUT2D eigenvalue weighted by molar-refractivity contribution is -0.139. The molecule has 5 rings (SSSR count). The Morgan fingerprint density at radius 2 is 2.09 bits per heavy atom. The lowest BCUT2D eigenvalue weighted by atomic mass is 9.87. The molecule has 0 spiro atoms. The van der Waals surface area contributed by atoms with E-state index in [4.69, 9.17) is 0 Å². The summed E-state index contributed by atoms with van der Waals surface area (Å²) >= 11 is 0. The maximum atomic E-state index is 11.6. The Morgan fingerprint density at radius 3 is 2.95 bits per heavy atom. The smallest absolute Gasteiger partial charge is 0.307 e. The monoisotopic (exact) mass is 291 g/mol. The molecule has 4 unspecified atom stereocenters. The summed E-state index contributed by atoms with van der Waals surface area (Å²) in [5, 5.41) is 9.53. The quantitative estimate of drug-likeness (QED) is 0.864. The average Bonchev–Trinajstić information content (AvgIpc) is 3.16. The van der Waals surface area contributed by atoms with Crippen molar-refractivity contribution in [3.05, 3.63) is 65.4 Å². The van der Waals surface area contributed by atoms with Crippen LogP contribution in [0, 0.1) is 23.7 Å². The van der Waals surface area contributed by atoms with E-state index in [0.29, 0.717) is 0 Å². The summed E-state index contributed by atoms with van der Waals surface area (Å²) in [6.45, 7) is 0.843. The fraction of sp³-hybridized carbons (Fsp3) is 0.316. The molecule has 0 aromatic heterocycles. The number of hydrogen-bond acceptors (Lipinski definition) is 2. The third kappa shape index (κ3) is 1.48. The molecule has 4 atom stereocenters. The fourth-order valence-electron chi connectivity index (χ4n) is 4.68. The molecule has 0 bridgehead atoms. The van der Waals surface area contributed by atoms with Crippen molar-refractivity contribution >= 4 is 11.7 Å². The van der Waals surface area contributed by atoms with Gasteiger partial charge in [0.15, 0.2) is 0 Å². The van der Waals surface area contributed by atoms with Gasteiger partial charge in [0.2, 0.25) is 0 Å². The van der Waals surface area contributed by atoms with Gasteiger partial charge in [-0.25, -0.2) is 0 Å². The summed E-state index contributed by atoms with van der Waals surface area (Å²) in [6, 6.07) is 8.52. The number of hydrogen-bond donors (Lipinski definition) is 1. The van der Waals surface area contributed by atoms with Gasteiger partial charge in [-0.15, -0.1) is 0 Å². The first kappa shape index (κ1) is 12.3. The zero-order valence-electron chi connectivity index (χ0n) is 12.1. The lowest BCUT2D eigenvalue weighted by Crippen LogP contribution is -2.24. The van der Waals surface area contributed by atoms with Crippen molar-refractivity contribution in [3.63, 3.8) is 0 Å². The van der Waals surface area contributed by atoms with Crippen LogP contribution in [0.15, 0.2) is 59.8 Å². The zero-order chi connectivity index (χ0) is 14.8. The van der Waals surface area contributed by atoms with Crippen LogP contribution in [0.5, 0.6) is 0 Å². The van der Waals surface area contributed by atoms with E-state index in [9.17, 15) is 9.90 Å². The summed E-state index contributed by atoms with van der Waals surface area (Å²) in [5.41, 5.74) is 5.33. The van der Waals surface area contributed by atoms with Crippen LogP contribution in [0.3, 0.4) is 0 Å². The molecule has 0 amide bonds. The molecule has 22 heavy (non-hydrogen) atoms. The highest BCUT2D eigenvalue weighted by atomic mass is 16.4. The van der Waals surface area contributed by atoms with E-state index in [1.54, 1.807) is 0 Å². The molecular weight excluding hydrogens is 274 g/mol. The molecule has 2 heterocycles. The predicted molar refractivity (Wildman–Crippen MR) is 84.4 cm³/mol. The van der Waals surface area contributed by atoms with E-state index < -0.39 is 5.97 Å². The van der Waals surface area contributed by atoms with E-state index in [0.717, 1.165) is 13.0 Å². The first-order valence-corrected chi connectivity index (χ1v) is 7.92. The van der Waals surface area contributed by atoms with Crippen molar-refractivity contribution in [1.29, 1.82) is 0 Å². The SMILES string of the molecule is O=C(O)C1C2CN3C(=C4C=CC=CC4C21)Cc1ccccc13. The number of anilines is 1. The highest BCUT2D eigenvalue weighted by Crippen LogP contribution is 2.58. The van der Waals surface area contributed by atoms with Gasteiger partial charge in [-0.3, -0.25) is 4.79 Å². The van der Waals surface area contributed by atoms with Gasteiger partial charge in [0.05, 0.1) is 5.92 Å². The molecule has 2 aliphatic heterocycles. The number of fused-ring (bicyclic) bond motifs is 6. The van der Waals surface area contributed by atoms with Crippen LogP contribution in [0.1, 0.15) is 5.56 Å². The number of benzene rings is 1. The number of carboxylic acids is 1. The van der Waals surface area contributed by atoms with Crippen LogP contribution < -0.4 is 4.90 Å². The number of allylic oxidation sites excluding steroid dienone is 6. The van der Waals surface area contributed by atoms with E-state index in [1.807, 2.05) is 0 Å². The van der Waals surface area contributed by atoms with Gasteiger partial charge in [0.25, 0.3) is 0 Å². The van der Waals surface area contributed by atoms with Gasteiger partial charge in [0.1, 0.15) is 0 Å². The first-order valence-electron chi connectivity index (χ1n) is 7.92. The van der Waals surface area contributed by atoms with Gasteiger partial charge >= 0.3 is 5.97 Å². The Morgan fingerprint density at radius 1 is 1.23 bits per heavy atom. The molecule has 0 saturated heterocycles. The van der Waals surface area contributed by atoms with E-state index in [1.165, 1.54) is 22.5 Å². The van der Waals surface area contributed by atoms with Gasteiger partial charge < -0.3 is 10.0 Å². The second-order valence-corrected chi connectivity index (χ2v) is 6.69. The number of carboxylic acid groups (broad SMARTS) is 1. The molecule has 2 aliphatic carbocycles. The molecule has 3 nitrogen and oxygen atoms in total. The highest BCUT2D eigenvalue weighted by Gasteiger charge is 2.60. The van der Waals surface area contributed by atoms with E-state index >= 15 is 0 Å². The lowest BCUT2D eigenvalue weighted by Gasteiger charge is -2.24. The Kier molecular flexibility index (Phi) is 2.30. The predicted octanol–water partition coefficient (Wildman–Crippen LogP) is 3.01. The molecule has 3 heteroatoms. The summed E-state index contributed by atoms with van der Waals surface area (Å²) in [6.07, 6.45) is 9.52. The summed E-state index contributed by atoms with van der Waals surface area (Å²) < 4.78 is 0. The third-order valence-electron chi connectivity index (χ3n) is 5.69. The third-order valence-corrected chi connectivity index (χ3v) is 5.69. The van der Waals surface area contributed by atoms with Crippen LogP contribution in [0.2, 0.25) is 0 Å². The van der Waals surface area contributed by atoms with E-state index in [-0.39, 0.29) is 23.7 Å². The van der Waals surface area contributed by atoms with Crippen molar-refractivity contribution in [1.82, 2.24) is 0 Å². The molecule has 0 radical (unpaired) electrons. The summed E-state index contributed by atoms with van der Waals surface area (Å²) in [5.74, 6) is -0.0274. The minimum atomic E-state index is -0.631. The Balaban J connectivity index is 1.66. The second kappa shape index (κ2) is 4.13. The van der Waals surface area contributed by atoms with Crippen molar-refractivity contribution in [2.45, 2.75) is 6.42 Å². The number of carbonyl (C=O) groups is 1. The molecule has 1 aromatic rings. The van der Waals surface area contributed by atoms with Gasteiger partial charge in [-0.05, 0) is 29.0 Å². The van der Waals surface area contributed by atoms with Gasteiger partial charge in [0, 0.05) is 30.3 Å². The topological polar surface area (TPSA) is 40.5 Å². The van der Waals surface area contributed by atoms with Crippen LogP contribution in [0.25, 0.3) is 0 Å². The summed E-state index contributed by atoms with van der Waals surface area (Å²) in [7, 11) is 0. The molecule has 1 aromatic carbocycles. The van der Waals surface area contributed by atoms with Crippen molar-refractivity contribution in [2.24, 2.45) is 23.7 Å². The largest absolute Gasteiger partial charge is 0.481 e. The zero-order valence-corrected chi connectivity index (χ0v) is 12.1. The minimum absolute atomic E-state index is 0.189. The number of rotatable bonds is 1. The first-order chi connectivity index (χ1) is 10.8. The maximum absolute atomic E-state index is 11.6. The van der Waals surface area contributed by atoms with Crippen LogP contribution in [0.4, 0.5) is 5.69 Å². The molecule has 1 N–H and O–H groups in total. The Bertz CT molecular complexity index is 773. The molecule has 110 valence electrons. The summed E-state index contributed by atoms with van der Waals surface area (Å²) in [4.78, 5) is 14.0. The number of aliphatic carboxylic acids is 1. The molecular formula is C19H17NO2. The second-order valence-electron chi connectivity index (χ2n) is 6.69. The minimum Gasteiger partial charge on any atom is -0.481 e. The maximum Gasteiger partial charge on any atom is 0.307 e. The Labute approximate surface area is 129 Å². The van der Waals surface area contributed by atoms with Crippen LogP contribution in [-0.4, -0.2) is 17.6 Å². The molecule has 1 saturated carbocycles. The van der Waals surface area contributed by atoms with Gasteiger partial charge in [-0.1, -0.05) is 42.5 Å². The van der Waals surface area contributed by atoms with E-state index in [2.05, 4.69) is 53.5 Å². The normalized spacial score (nSPS) is 33.7. The van der Waals surface area contributed by atoms with Crippen LogP contribution in [-0.2, 0) is 11.2 Å². The standard InChI is InChI=1S/C19H17NO2/c21-19(22)18-14-10-20-15-8-4-1-5-11(15)9-16(20)12-6-2-3-7-13(12)17(14)18/h1-8,13-14,17-18H,9-10H2,(H,21,22). The average molecular weight is 291 g/mol. The molecule has 4 aliphatic rings. The fourth-order valence-corrected chi connectivity index (χ4v) is 4.68. The van der Waals surface area contributed by atoms with Crippen molar-refractivity contribution < 1.29 is 9.90 Å². The molecule has 1 fully saturated rings. The van der Waals surface area contributed by atoms with Crippen molar-refractivity contribution in [2.75, 3.05) is 11.4 Å². The van der Waals surface area contributed by atoms with Crippen molar-refractivity contribution in [3.8, 4) is 0 Å². The Hall–Kier alpha value is -2.29. The highest BCUT2D eigenvalue weighted by molar-refractivity contribution is 5.77.